The molecule has 0 heterocycles. The van der Waals surface area contributed by atoms with Crippen LogP contribution in [0, 0.1) is 5.41 Å². The lowest BCUT2D eigenvalue weighted by molar-refractivity contribution is -0.154. The summed E-state index contributed by atoms with van der Waals surface area (Å²) >= 11 is 0. The summed E-state index contributed by atoms with van der Waals surface area (Å²) < 4.78 is 9.79. The van der Waals surface area contributed by atoms with E-state index in [1.165, 1.54) is 0 Å². The van der Waals surface area contributed by atoms with Gasteiger partial charge in [0.25, 0.3) is 0 Å². The van der Waals surface area contributed by atoms with Gasteiger partial charge in [-0.2, -0.15) is 0 Å². The zero-order chi connectivity index (χ0) is 12.6. The van der Waals surface area contributed by atoms with E-state index in [0.29, 0.717) is 6.42 Å². The van der Waals surface area contributed by atoms with E-state index < -0.39 is 11.4 Å². The maximum Gasteiger partial charge on any atom is 0.330 e. The molecule has 0 fully saturated rings. The van der Waals surface area contributed by atoms with E-state index in [2.05, 4.69) is 6.58 Å². The summed E-state index contributed by atoms with van der Waals surface area (Å²) in [5.74, 6) is -0.676. The van der Waals surface area contributed by atoms with Crippen molar-refractivity contribution in [2.75, 3.05) is 13.2 Å². The molecule has 0 spiro atoms. The van der Waals surface area contributed by atoms with Gasteiger partial charge < -0.3 is 9.47 Å². The highest BCUT2D eigenvalue weighted by atomic mass is 16.5. The van der Waals surface area contributed by atoms with Crippen molar-refractivity contribution in [3.8, 4) is 0 Å². The SMILES string of the molecule is C=CC(=O)OCCCOC(=O)C(C)(C)CC. The Kier molecular flexibility index (Phi) is 6.46. The summed E-state index contributed by atoms with van der Waals surface area (Å²) in [5.41, 5.74) is -0.447. The van der Waals surface area contributed by atoms with Crippen LogP contribution in [0.15, 0.2) is 12.7 Å². The number of carbonyl (C=O) groups excluding carboxylic acids is 2. The Morgan fingerprint density at radius 1 is 1.25 bits per heavy atom. The fourth-order valence-corrected chi connectivity index (χ4v) is 0.795. The Morgan fingerprint density at radius 2 is 1.81 bits per heavy atom. The van der Waals surface area contributed by atoms with Crippen LogP contribution in [-0.2, 0) is 19.1 Å². The quantitative estimate of drug-likeness (QED) is 0.380. The van der Waals surface area contributed by atoms with E-state index >= 15 is 0 Å². The summed E-state index contributed by atoms with van der Waals surface area (Å²) in [4.78, 5) is 22.2. The molecule has 0 aliphatic heterocycles. The number of esters is 2. The van der Waals surface area contributed by atoms with E-state index in [1.807, 2.05) is 20.8 Å². The van der Waals surface area contributed by atoms with Gasteiger partial charge in [0.05, 0.1) is 18.6 Å². The average Bonchev–Trinajstić information content (AvgIpc) is 2.27. The lowest BCUT2D eigenvalue weighted by atomic mass is 9.91. The third kappa shape index (κ3) is 5.53. The third-order valence-electron chi connectivity index (χ3n) is 2.37. The monoisotopic (exact) mass is 228 g/mol. The number of rotatable bonds is 7. The van der Waals surface area contributed by atoms with Gasteiger partial charge in [0.2, 0.25) is 0 Å². The van der Waals surface area contributed by atoms with E-state index in [4.69, 9.17) is 9.47 Å². The maximum atomic E-state index is 11.5. The van der Waals surface area contributed by atoms with Gasteiger partial charge in [0, 0.05) is 12.5 Å². The molecule has 0 aromatic rings. The van der Waals surface area contributed by atoms with Crippen molar-refractivity contribution in [2.24, 2.45) is 5.41 Å². The van der Waals surface area contributed by atoms with Gasteiger partial charge in [0.15, 0.2) is 0 Å². The van der Waals surface area contributed by atoms with Gasteiger partial charge >= 0.3 is 11.9 Å². The first kappa shape index (κ1) is 14.7. The molecule has 0 bridgehead atoms. The first-order valence-electron chi connectivity index (χ1n) is 5.40. The minimum atomic E-state index is -0.458. The second kappa shape index (κ2) is 7.04. The van der Waals surface area contributed by atoms with Crippen LogP contribution in [0.4, 0.5) is 0 Å². The standard InChI is InChI=1S/C12H20O4/c1-5-10(13)15-8-7-9-16-11(14)12(3,4)6-2/h5H,1,6-9H2,2-4H3. The van der Waals surface area contributed by atoms with Gasteiger partial charge in [-0.05, 0) is 20.3 Å². The van der Waals surface area contributed by atoms with E-state index in [0.717, 1.165) is 12.5 Å². The maximum absolute atomic E-state index is 11.5. The molecule has 0 atom stereocenters. The molecule has 0 saturated carbocycles. The topological polar surface area (TPSA) is 52.6 Å². The summed E-state index contributed by atoms with van der Waals surface area (Å²) in [6.45, 7) is 9.40. The summed E-state index contributed by atoms with van der Waals surface area (Å²) in [5, 5.41) is 0. The zero-order valence-corrected chi connectivity index (χ0v) is 10.2. The van der Waals surface area contributed by atoms with Crippen molar-refractivity contribution in [3.63, 3.8) is 0 Å². The highest BCUT2D eigenvalue weighted by Gasteiger charge is 2.26. The smallest absolute Gasteiger partial charge is 0.330 e. The number of hydrogen-bond acceptors (Lipinski definition) is 4. The van der Waals surface area contributed by atoms with Gasteiger partial charge in [-0.25, -0.2) is 4.79 Å². The second-order valence-electron chi connectivity index (χ2n) is 4.10. The molecule has 0 radical (unpaired) electrons. The molecule has 16 heavy (non-hydrogen) atoms. The molecule has 0 aliphatic rings. The Labute approximate surface area is 96.6 Å². The first-order valence-corrected chi connectivity index (χ1v) is 5.40. The molecular formula is C12H20O4. The number of carbonyl (C=O) groups is 2. The van der Waals surface area contributed by atoms with Crippen molar-refractivity contribution in [3.05, 3.63) is 12.7 Å². The molecule has 0 saturated heterocycles. The van der Waals surface area contributed by atoms with Crippen LogP contribution < -0.4 is 0 Å². The van der Waals surface area contributed by atoms with Crippen molar-refractivity contribution in [1.29, 1.82) is 0 Å². The largest absolute Gasteiger partial charge is 0.465 e. The van der Waals surface area contributed by atoms with E-state index in [-0.39, 0.29) is 19.2 Å². The number of hydrogen-bond donors (Lipinski definition) is 0. The van der Waals surface area contributed by atoms with Crippen molar-refractivity contribution >= 4 is 11.9 Å². The predicted molar refractivity (Wildman–Crippen MR) is 60.8 cm³/mol. The highest BCUT2D eigenvalue weighted by molar-refractivity contribution is 5.81. The predicted octanol–water partition coefficient (Wildman–Crippen LogP) is 2.09. The molecule has 0 N–H and O–H groups in total. The van der Waals surface area contributed by atoms with Gasteiger partial charge in [-0.3, -0.25) is 4.79 Å². The molecule has 92 valence electrons. The minimum Gasteiger partial charge on any atom is -0.465 e. The normalized spacial score (nSPS) is 10.7. The van der Waals surface area contributed by atoms with Crippen LogP contribution in [0.1, 0.15) is 33.6 Å². The summed E-state index contributed by atoms with van der Waals surface area (Å²) in [6.07, 6.45) is 2.34. The van der Waals surface area contributed by atoms with E-state index in [9.17, 15) is 9.59 Å². The molecule has 0 aliphatic carbocycles. The fourth-order valence-electron chi connectivity index (χ4n) is 0.795. The lowest BCUT2D eigenvalue weighted by Gasteiger charge is -2.20. The Hall–Kier alpha value is -1.32. The van der Waals surface area contributed by atoms with Crippen LogP contribution >= 0.6 is 0 Å². The van der Waals surface area contributed by atoms with Gasteiger partial charge in [-0.15, -0.1) is 0 Å². The third-order valence-corrected chi connectivity index (χ3v) is 2.37. The van der Waals surface area contributed by atoms with Gasteiger partial charge in [-0.1, -0.05) is 13.5 Å². The molecule has 4 heteroatoms. The van der Waals surface area contributed by atoms with E-state index in [1.54, 1.807) is 0 Å². The Balaban J connectivity index is 3.64. The first-order chi connectivity index (χ1) is 7.44. The van der Waals surface area contributed by atoms with Crippen molar-refractivity contribution < 1.29 is 19.1 Å². The fraction of sp³-hybridized carbons (Fsp3) is 0.667. The Morgan fingerprint density at radius 3 is 2.31 bits per heavy atom. The van der Waals surface area contributed by atoms with Crippen LogP contribution in [-0.4, -0.2) is 25.2 Å². The molecular weight excluding hydrogens is 208 g/mol. The van der Waals surface area contributed by atoms with Crippen LogP contribution in [0.25, 0.3) is 0 Å². The van der Waals surface area contributed by atoms with Crippen LogP contribution in [0.3, 0.4) is 0 Å². The van der Waals surface area contributed by atoms with Crippen LogP contribution in [0.2, 0.25) is 0 Å². The average molecular weight is 228 g/mol. The zero-order valence-electron chi connectivity index (χ0n) is 10.2. The number of ether oxygens (including phenoxy) is 2. The molecule has 0 rings (SSSR count). The molecule has 0 amide bonds. The summed E-state index contributed by atoms with van der Waals surface area (Å²) in [6, 6.07) is 0. The second-order valence-corrected chi connectivity index (χ2v) is 4.10. The van der Waals surface area contributed by atoms with Crippen LogP contribution in [0.5, 0.6) is 0 Å². The molecule has 0 aromatic heterocycles. The van der Waals surface area contributed by atoms with Crippen molar-refractivity contribution in [1.82, 2.24) is 0 Å². The molecule has 4 nitrogen and oxygen atoms in total. The highest BCUT2D eigenvalue weighted by Crippen LogP contribution is 2.21. The Bertz CT molecular complexity index is 256. The van der Waals surface area contributed by atoms with Crippen molar-refractivity contribution in [2.45, 2.75) is 33.6 Å². The summed E-state index contributed by atoms with van der Waals surface area (Å²) in [7, 11) is 0. The minimum absolute atomic E-state index is 0.218. The lowest BCUT2D eigenvalue weighted by Crippen LogP contribution is -2.26. The molecule has 0 aromatic carbocycles. The molecule has 0 unspecified atom stereocenters. The van der Waals surface area contributed by atoms with Gasteiger partial charge in [0.1, 0.15) is 0 Å².